The average molecular weight is 379 g/mol. The van der Waals surface area contributed by atoms with E-state index in [1.54, 1.807) is 34.2 Å². The van der Waals surface area contributed by atoms with Crippen LogP contribution >= 0.6 is 0 Å². The summed E-state index contributed by atoms with van der Waals surface area (Å²) in [5, 5.41) is 8.58. The molecule has 0 bridgehead atoms. The minimum atomic E-state index is -0.135. The summed E-state index contributed by atoms with van der Waals surface area (Å²) >= 11 is 0. The van der Waals surface area contributed by atoms with Crippen molar-refractivity contribution in [3.8, 4) is 5.82 Å². The van der Waals surface area contributed by atoms with Crippen LogP contribution in [0.25, 0.3) is 5.82 Å². The van der Waals surface area contributed by atoms with Crippen LogP contribution in [0.5, 0.6) is 0 Å². The van der Waals surface area contributed by atoms with Gasteiger partial charge in [0.05, 0.1) is 11.9 Å². The van der Waals surface area contributed by atoms with E-state index in [-0.39, 0.29) is 17.4 Å². The summed E-state index contributed by atoms with van der Waals surface area (Å²) in [4.78, 5) is 34.9. The molecule has 144 valence electrons. The van der Waals surface area contributed by atoms with Crippen LogP contribution in [-0.2, 0) is 6.54 Å². The summed E-state index contributed by atoms with van der Waals surface area (Å²) in [5.74, 6) is 0.795. The highest BCUT2D eigenvalue weighted by Crippen LogP contribution is 2.19. The maximum atomic E-state index is 12.6. The SMILES string of the molecule is Cc1cnc(C(=O)N2CCC(Cn3nc(-n4cccn4)ccc3=O)CC2)cn1. The minimum absolute atomic E-state index is 0.0954. The molecule has 3 aromatic heterocycles. The third-order valence-corrected chi connectivity index (χ3v) is 4.92. The predicted octanol–water partition coefficient (Wildman–Crippen LogP) is 1.08. The summed E-state index contributed by atoms with van der Waals surface area (Å²) in [6, 6.07) is 4.98. The fourth-order valence-corrected chi connectivity index (χ4v) is 3.32. The molecule has 1 aliphatic heterocycles. The zero-order valence-electron chi connectivity index (χ0n) is 15.6. The number of hydrogen-bond acceptors (Lipinski definition) is 6. The second-order valence-electron chi connectivity index (χ2n) is 6.94. The van der Waals surface area contributed by atoms with Crippen LogP contribution in [-0.4, -0.2) is 53.4 Å². The fraction of sp³-hybridized carbons (Fsp3) is 0.368. The monoisotopic (exact) mass is 379 g/mol. The Kier molecular flexibility index (Phi) is 4.96. The number of carbonyl (C=O) groups excluding carboxylic acids is 1. The van der Waals surface area contributed by atoms with Crippen LogP contribution in [0.2, 0.25) is 0 Å². The second kappa shape index (κ2) is 7.71. The Bertz CT molecular complexity index is 1000. The first-order valence-corrected chi connectivity index (χ1v) is 9.26. The molecule has 1 saturated heterocycles. The van der Waals surface area contributed by atoms with Crippen molar-refractivity contribution >= 4 is 5.91 Å². The van der Waals surface area contributed by atoms with Gasteiger partial charge in [0.1, 0.15) is 5.69 Å². The number of hydrogen-bond donors (Lipinski definition) is 0. The molecule has 4 heterocycles. The molecule has 9 heteroatoms. The lowest BCUT2D eigenvalue weighted by atomic mass is 9.96. The predicted molar refractivity (Wildman–Crippen MR) is 101 cm³/mol. The van der Waals surface area contributed by atoms with Crippen LogP contribution < -0.4 is 5.56 Å². The molecule has 1 aliphatic rings. The molecule has 1 fully saturated rings. The van der Waals surface area contributed by atoms with Gasteiger partial charge in [-0.15, -0.1) is 5.10 Å². The highest BCUT2D eigenvalue weighted by Gasteiger charge is 2.25. The Hall–Kier alpha value is -3.36. The first-order chi connectivity index (χ1) is 13.6. The summed E-state index contributed by atoms with van der Waals surface area (Å²) in [5.41, 5.74) is 1.02. The Morgan fingerprint density at radius 3 is 2.68 bits per heavy atom. The smallest absolute Gasteiger partial charge is 0.274 e. The highest BCUT2D eigenvalue weighted by atomic mass is 16.2. The summed E-state index contributed by atoms with van der Waals surface area (Å²) < 4.78 is 3.12. The molecule has 28 heavy (non-hydrogen) atoms. The number of rotatable bonds is 4. The molecule has 3 aromatic rings. The van der Waals surface area contributed by atoms with Gasteiger partial charge in [-0.2, -0.15) is 5.10 Å². The first-order valence-electron chi connectivity index (χ1n) is 9.26. The molecular weight excluding hydrogens is 358 g/mol. The summed E-state index contributed by atoms with van der Waals surface area (Å²) in [7, 11) is 0. The standard InChI is InChI=1S/C19H21N7O2/c1-14-11-21-16(12-20-14)19(28)24-9-5-15(6-10-24)13-26-18(27)4-3-17(23-26)25-8-2-7-22-25/h2-4,7-8,11-12,15H,5-6,9-10,13H2,1H3. The van der Waals surface area contributed by atoms with Crippen LogP contribution in [0.4, 0.5) is 0 Å². The number of aromatic nitrogens is 6. The number of nitrogens with zero attached hydrogens (tertiary/aromatic N) is 7. The van der Waals surface area contributed by atoms with Gasteiger partial charge in [0.2, 0.25) is 0 Å². The van der Waals surface area contributed by atoms with Crippen molar-refractivity contribution in [3.05, 3.63) is 64.7 Å². The summed E-state index contributed by atoms with van der Waals surface area (Å²) in [6.07, 6.45) is 8.20. The lowest BCUT2D eigenvalue weighted by molar-refractivity contribution is 0.0674. The highest BCUT2D eigenvalue weighted by molar-refractivity contribution is 5.92. The van der Waals surface area contributed by atoms with Gasteiger partial charge in [-0.05, 0) is 37.8 Å². The van der Waals surface area contributed by atoms with E-state index in [1.165, 1.54) is 16.9 Å². The van der Waals surface area contributed by atoms with E-state index in [0.717, 1.165) is 18.5 Å². The Balaban J connectivity index is 1.39. The van der Waals surface area contributed by atoms with E-state index in [0.29, 0.717) is 31.1 Å². The van der Waals surface area contributed by atoms with Gasteiger partial charge >= 0.3 is 0 Å². The zero-order valence-corrected chi connectivity index (χ0v) is 15.6. The average Bonchev–Trinajstić information content (AvgIpc) is 3.25. The van der Waals surface area contributed by atoms with E-state index >= 15 is 0 Å². The van der Waals surface area contributed by atoms with E-state index in [1.807, 2.05) is 13.0 Å². The zero-order chi connectivity index (χ0) is 19.5. The van der Waals surface area contributed by atoms with Crippen molar-refractivity contribution in [2.24, 2.45) is 5.92 Å². The molecule has 1 amide bonds. The topological polar surface area (TPSA) is 98.8 Å². The van der Waals surface area contributed by atoms with Crippen LogP contribution in [0, 0.1) is 12.8 Å². The first kappa shape index (κ1) is 18.0. The lowest BCUT2D eigenvalue weighted by Crippen LogP contribution is -2.40. The maximum absolute atomic E-state index is 12.6. The normalized spacial score (nSPS) is 15.0. The Morgan fingerprint density at radius 1 is 1.18 bits per heavy atom. The molecule has 0 atom stereocenters. The van der Waals surface area contributed by atoms with E-state index in [2.05, 4.69) is 20.2 Å². The van der Waals surface area contributed by atoms with Crippen molar-refractivity contribution in [1.82, 2.24) is 34.4 Å². The van der Waals surface area contributed by atoms with E-state index in [4.69, 9.17) is 0 Å². The van der Waals surface area contributed by atoms with Gasteiger partial charge < -0.3 is 4.90 Å². The van der Waals surface area contributed by atoms with Crippen molar-refractivity contribution in [2.45, 2.75) is 26.3 Å². The van der Waals surface area contributed by atoms with Gasteiger partial charge in [-0.25, -0.2) is 14.3 Å². The van der Waals surface area contributed by atoms with Crippen LogP contribution in [0.1, 0.15) is 29.0 Å². The number of amides is 1. The molecule has 0 spiro atoms. The third-order valence-electron chi connectivity index (χ3n) is 4.92. The van der Waals surface area contributed by atoms with Crippen molar-refractivity contribution < 1.29 is 4.79 Å². The van der Waals surface area contributed by atoms with Gasteiger partial charge in [0.25, 0.3) is 11.5 Å². The minimum Gasteiger partial charge on any atom is -0.337 e. The Labute approximate surface area is 161 Å². The molecule has 0 aliphatic carbocycles. The van der Waals surface area contributed by atoms with E-state index in [9.17, 15) is 9.59 Å². The number of piperidine rings is 1. The van der Waals surface area contributed by atoms with Crippen LogP contribution in [0.15, 0.2) is 47.8 Å². The van der Waals surface area contributed by atoms with Gasteiger partial charge in [0, 0.05) is 44.3 Å². The molecule has 0 radical (unpaired) electrons. The van der Waals surface area contributed by atoms with Crippen LogP contribution in [0.3, 0.4) is 0 Å². The largest absolute Gasteiger partial charge is 0.337 e. The molecule has 0 unspecified atom stereocenters. The van der Waals surface area contributed by atoms with Crippen molar-refractivity contribution in [3.63, 3.8) is 0 Å². The second-order valence-corrected chi connectivity index (χ2v) is 6.94. The quantitative estimate of drug-likeness (QED) is 0.673. The third kappa shape index (κ3) is 3.83. The van der Waals surface area contributed by atoms with Crippen molar-refractivity contribution in [1.29, 1.82) is 0 Å². The summed E-state index contributed by atoms with van der Waals surface area (Å²) in [6.45, 7) is 3.63. The molecule has 0 saturated carbocycles. The Morgan fingerprint density at radius 2 is 2.00 bits per heavy atom. The molecule has 4 rings (SSSR count). The van der Waals surface area contributed by atoms with E-state index < -0.39 is 0 Å². The molecule has 9 nitrogen and oxygen atoms in total. The number of likely N-dealkylation sites (tertiary alicyclic amines) is 1. The molecular formula is C19H21N7O2. The van der Waals surface area contributed by atoms with Gasteiger partial charge in [0.15, 0.2) is 5.82 Å². The number of aryl methyl sites for hydroxylation is 1. The fourth-order valence-electron chi connectivity index (χ4n) is 3.32. The van der Waals surface area contributed by atoms with Gasteiger partial charge in [-0.3, -0.25) is 14.6 Å². The maximum Gasteiger partial charge on any atom is 0.274 e. The molecule has 0 aromatic carbocycles. The lowest BCUT2D eigenvalue weighted by Gasteiger charge is -2.31. The number of carbonyl (C=O) groups is 1. The van der Waals surface area contributed by atoms with Crippen molar-refractivity contribution in [2.75, 3.05) is 13.1 Å². The van der Waals surface area contributed by atoms with Gasteiger partial charge in [-0.1, -0.05) is 0 Å². The molecule has 0 N–H and O–H groups in total.